The smallest absolute Gasteiger partial charge is 0.306 e. The number of hydrogen-bond acceptors (Lipinski definition) is 6. The van der Waals surface area contributed by atoms with Crippen LogP contribution in [0.4, 0.5) is 0 Å². The van der Waals surface area contributed by atoms with Crippen LogP contribution in [0.1, 0.15) is 31.9 Å². The Morgan fingerprint density at radius 2 is 2.12 bits per heavy atom. The maximum absolute atomic E-state index is 11.5. The molecule has 0 aliphatic heterocycles. The molecule has 0 radical (unpaired) electrons. The molecule has 6 heteroatoms. The van der Waals surface area contributed by atoms with Gasteiger partial charge in [0.05, 0.1) is 29.5 Å². The third-order valence-electron chi connectivity index (χ3n) is 4.37. The Morgan fingerprint density at radius 1 is 1.36 bits per heavy atom. The summed E-state index contributed by atoms with van der Waals surface area (Å²) in [6, 6.07) is 7.99. The predicted octanol–water partition coefficient (Wildman–Crippen LogP) is 2.94. The first-order valence-corrected chi connectivity index (χ1v) is 8.54. The van der Waals surface area contributed by atoms with E-state index in [0.29, 0.717) is 36.3 Å². The highest BCUT2D eigenvalue weighted by atomic mass is 16.5. The van der Waals surface area contributed by atoms with Crippen molar-refractivity contribution in [3.8, 4) is 0 Å². The van der Waals surface area contributed by atoms with Crippen molar-refractivity contribution in [1.29, 1.82) is 5.41 Å². The highest BCUT2D eigenvalue weighted by molar-refractivity contribution is 6.07. The molecule has 0 bridgehead atoms. The van der Waals surface area contributed by atoms with Gasteiger partial charge in [0.2, 0.25) is 0 Å². The standard InChI is InChI=1S/C19H22N4O2/c1-2-25-19(24)9-13-7-15(8-13)21-11-14(10-20)18-12-22-16-5-3-4-6-17(16)23-18/h3-6,10-13,15,20-21H,2,7-9H2,1H3/b14-11+,20-10?. The molecule has 2 aromatic rings. The van der Waals surface area contributed by atoms with Crippen LogP contribution in [0.2, 0.25) is 0 Å². The van der Waals surface area contributed by atoms with E-state index < -0.39 is 0 Å². The Labute approximate surface area is 146 Å². The largest absolute Gasteiger partial charge is 0.466 e. The maximum Gasteiger partial charge on any atom is 0.306 e. The molecule has 6 nitrogen and oxygen atoms in total. The van der Waals surface area contributed by atoms with Crippen LogP contribution in [-0.4, -0.2) is 34.8 Å². The molecule has 2 N–H and O–H groups in total. The number of hydrogen-bond donors (Lipinski definition) is 2. The van der Waals surface area contributed by atoms with Crippen LogP contribution in [0, 0.1) is 11.3 Å². The number of rotatable bonds is 7. The molecule has 1 heterocycles. The number of benzene rings is 1. The second kappa shape index (κ2) is 7.88. The fraction of sp³-hybridized carbons (Fsp3) is 0.368. The van der Waals surface area contributed by atoms with Gasteiger partial charge in [0.15, 0.2) is 0 Å². The van der Waals surface area contributed by atoms with Gasteiger partial charge in [-0.05, 0) is 37.8 Å². The highest BCUT2D eigenvalue weighted by Crippen LogP contribution is 2.30. The molecule has 1 fully saturated rings. The first-order valence-electron chi connectivity index (χ1n) is 8.54. The fourth-order valence-corrected chi connectivity index (χ4v) is 2.99. The Bertz CT molecular complexity index is 797. The van der Waals surface area contributed by atoms with E-state index in [1.165, 1.54) is 6.21 Å². The van der Waals surface area contributed by atoms with Gasteiger partial charge < -0.3 is 15.5 Å². The van der Waals surface area contributed by atoms with Crippen molar-refractivity contribution in [2.75, 3.05) is 6.61 Å². The summed E-state index contributed by atoms with van der Waals surface area (Å²) in [5, 5.41) is 11.0. The summed E-state index contributed by atoms with van der Waals surface area (Å²) in [5.74, 6) is 0.266. The van der Waals surface area contributed by atoms with Crippen molar-refractivity contribution in [3.63, 3.8) is 0 Å². The Kier molecular flexibility index (Phi) is 5.38. The van der Waals surface area contributed by atoms with Gasteiger partial charge in [-0.15, -0.1) is 0 Å². The molecular formula is C19H22N4O2. The second-order valence-electron chi connectivity index (χ2n) is 6.20. The first-order chi connectivity index (χ1) is 12.2. The van der Waals surface area contributed by atoms with Crippen LogP contribution >= 0.6 is 0 Å². The summed E-state index contributed by atoms with van der Waals surface area (Å²) >= 11 is 0. The van der Waals surface area contributed by atoms with Gasteiger partial charge in [0, 0.05) is 30.5 Å². The summed E-state index contributed by atoms with van der Waals surface area (Å²) < 4.78 is 4.98. The minimum atomic E-state index is -0.117. The van der Waals surface area contributed by atoms with Gasteiger partial charge in [-0.3, -0.25) is 9.78 Å². The number of nitrogens with zero attached hydrogens (tertiary/aromatic N) is 2. The molecule has 1 aromatic heterocycles. The molecule has 3 rings (SSSR count). The normalized spacial score (nSPS) is 20.0. The lowest BCUT2D eigenvalue weighted by molar-refractivity contribution is -0.145. The van der Waals surface area contributed by atoms with E-state index in [0.717, 1.165) is 23.9 Å². The van der Waals surface area contributed by atoms with Crippen LogP contribution in [0.3, 0.4) is 0 Å². The molecule has 130 valence electrons. The van der Waals surface area contributed by atoms with Crippen LogP contribution in [0.25, 0.3) is 16.6 Å². The number of fused-ring (bicyclic) bond motifs is 1. The van der Waals surface area contributed by atoms with Crippen molar-refractivity contribution in [3.05, 3.63) is 42.4 Å². The summed E-state index contributed by atoms with van der Waals surface area (Å²) in [6.45, 7) is 2.26. The van der Waals surface area contributed by atoms with E-state index in [9.17, 15) is 4.79 Å². The topological polar surface area (TPSA) is 88.0 Å². The third kappa shape index (κ3) is 4.21. The van der Waals surface area contributed by atoms with Crippen LogP contribution in [0.15, 0.2) is 36.7 Å². The van der Waals surface area contributed by atoms with Gasteiger partial charge in [-0.2, -0.15) is 0 Å². The Morgan fingerprint density at radius 3 is 2.84 bits per heavy atom. The van der Waals surface area contributed by atoms with Gasteiger partial charge in [-0.1, -0.05) is 12.1 Å². The van der Waals surface area contributed by atoms with Crippen molar-refractivity contribution in [2.45, 2.75) is 32.2 Å². The number of esters is 1. The quantitative estimate of drug-likeness (QED) is 0.598. The molecule has 25 heavy (non-hydrogen) atoms. The monoisotopic (exact) mass is 338 g/mol. The van der Waals surface area contributed by atoms with E-state index >= 15 is 0 Å². The van der Waals surface area contributed by atoms with E-state index in [2.05, 4.69) is 15.3 Å². The van der Waals surface area contributed by atoms with Gasteiger partial charge >= 0.3 is 5.97 Å². The number of para-hydroxylation sites is 2. The zero-order valence-electron chi connectivity index (χ0n) is 14.2. The molecule has 1 aliphatic carbocycles. The molecule has 1 aliphatic rings. The van der Waals surface area contributed by atoms with Crippen molar-refractivity contribution in [1.82, 2.24) is 15.3 Å². The van der Waals surface area contributed by atoms with E-state index in [4.69, 9.17) is 10.1 Å². The van der Waals surface area contributed by atoms with Crippen LogP contribution < -0.4 is 5.32 Å². The summed E-state index contributed by atoms with van der Waals surface area (Å²) in [7, 11) is 0. The van der Waals surface area contributed by atoms with E-state index in [1.54, 1.807) is 6.20 Å². The number of ether oxygens (including phenoxy) is 1. The average molecular weight is 338 g/mol. The second-order valence-corrected chi connectivity index (χ2v) is 6.20. The maximum atomic E-state index is 11.5. The van der Waals surface area contributed by atoms with Gasteiger partial charge in [0.1, 0.15) is 0 Å². The average Bonchev–Trinajstić information content (AvgIpc) is 2.59. The fourth-order valence-electron chi connectivity index (χ4n) is 2.99. The van der Waals surface area contributed by atoms with Gasteiger partial charge in [-0.25, -0.2) is 4.98 Å². The molecule has 0 unspecified atom stereocenters. The van der Waals surface area contributed by atoms with Crippen molar-refractivity contribution in [2.24, 2.45) is 5.92 Å². The van der Waals surface area contributed by atoms with Gasteiger partial charge in [0.25, 0.3) is 0 Å². The molecular weight excluding hydrogens is 316 g/mol. The Hall–Kier alpha value is -2.76. The zero-order valence-corrected chi connectivity index (χ0v) is 14.2. The van der Waals surface area contributed by atoms with Crippen LogP contribution in [0.5, 0.6) is 0 Å². The molecule has 0 amide bonds. The minimum Gasteiger partial charge on any atom is -0.466 e. The van der Waals surface area contributed by atoms with Crippen LogP contribution in [-0.2, 0) is 9.53 Å². The molecule has 0 saturated heterocycles. The van der Waals surface area contributed by atoms with Crippen molar-refractivity contribution >= 4 is 28.8 Å². The number of carbonyl (C=O) groups is 1. The summed E-state index contributed by atoms with van der Waals surface area (Å²) in [4.78, 5) is 20.4. The summed E-state index contributed by atoms with van der Waals surface area (Å²) in [5.41, 5.74) is 3.01. The SMILES string of the molecule is CCOC(=O)CC1CC(N/C=C(\C=N)c2cnc3ccccc3n2)C1. The summed E-state index contributed by atoms with van der Waals surface area (Å²) in [6.07, 6.45) is 7.14. The molecule has 1 saturated carbocycles. The number of allylic oxidation sites excluding steroid dienone is 1. The third-order valence-corrected chi connectivity index (χ3v) is 4.37. The lowest BCUT2D eigenvalue weighted by atomic mass is 9.78. The minimum absolute atomic E-state index is 0.117. The number of nitrogens with one attached hydrogen (secondary N) is 2. The van der Waals surface area contributed by atoms with Crippen molar-refractivity contribution < 1.29 is 9.53 Å². The number of carbonyl (C=O) groups excluding carboxylic acids is 1. The lowest BCUT2D eigenvalue weighted by Gasteiger charge is -2.35. The van der Waals surface area contributed by atoms with E-state index in [1.807, 2.05) is 37.4 Å². The molecule has 0 atom stereocenters. The first kappa shape index (κ1) is 17.1. The molecule has 0 spiro atoms. The lowest BCUT2D eigenvalue weighted by Crippen LogP contribution is -2.39. The molecule has 1 aromatic carbocycles. The Balaban J connectivity index is 1.58. The van der Waals surface area contributed by atoms with E-state index in [-0.39, 0.29) is 5.97 Å². The number of aromatic nitrogens is 2. The zero-order chi connectivity index (χ0) is 17.6. The highest BCUT2D eigenvalue weighted by Gasteiger charge is 2.30. The predicted molar refractivity (Wildman–Crippen MR) is 97.2 cm³/mol.